The zero-order valence-electron chi connectivity index (χ0n) is 11.4. The zero-order chi connectivity index (χ0) is 13.8. The van der Waals surface area contributed by atoms with Crippen molar-refractivity contribution in [3.8, 4) is 0 Å². The van der Waals surface area contributed by atoms with Crippen LogP contribution in [0.3, 0.4) is 0 Å². The van der Waals surface area contributed by atoms with Crippen molar-refractivity contribution in [1.29, 1.82) is 0 Å². The summed E-state index contributed by atoms with van der Waals surface area (Å²) in [5, 5.41) is 6.73. The average molecular weight is 282 g/mol. The molecule has 2 rings (SSSR count). The summed E-state index contributed by atoms with van der Waals surface area (Å²) < 4.78 is 0. The molecule has 1 fully saturated rings. The minimum absolute atomic E-state index is 0.0430. The van der Waals surface area contributed by atoms with Crippen LogP contribution in [-0.4, -0.2) is 37.6 Å². The molecule has 1 aliphatic rings. The molecule has 0 saturated carbocycles. The van der Waals surface area contributed by atoms with Crippen molar-refractivity contribution in [3.63, 3.8) is 0 Å². The van der Waals surface area contributed by atoms with Crippen LogP contribution in [0.25, 0.3) is 0 Å². The summed E-state index contributed by atoms with van der Waals surface area (Å²) in [6.45, 7) is 4.53. The summed E-state index contributed by atoms with van der Waals surface area (Å²) in [4.78, 5) is 14.0. The lowest BCUT2D eigenvalue weighted by Crippen LogP contribution is -2.34. The number of amides is 2. The van der Waals surface area contributed by atoms with E-state index in [9.17, 15) is 4.79 Å². The number of carbonyl (C=O) groups is 1. The van der Waals surface area contributed by atoms with E-state index in [1.165, 1.54) is 0 Å². The van der Waals surface area contributed by atoms with Gasteiger partial charge in [0.25, 0.3) is 0 Å². The fourth-order valence-electron chi connectivity index (χ4n) is 2.35. The van der Waals surface area contributed by atoms with E-state index in [2.05, 4.69) is 10.6 Å². The molecule has 1 saturated heterocycles. The van der Waals surface area contributed by atoms with Gasteiger partial charge in [-0.05, 0) is 50.6 Å². The van der Waals surface area contributed by atoms with E-state index < -0.39 is 0 Å². The van der Waals surface area contributed by atoms with Crippen molar-refractivity contribution in [1.82, 2.24) is 10.2 Å². The van der Waals surface area contributed by atoms with Crippen LogP contribution in [0.4, 0.5) is 10.5 Å². The third-order valence-corrected chi connectivity index (χ3v) is 3.90. The molecule has 0 aromatic heterocycles. The first-order chi connectivity index (χ1) is 9.10. The van der Waals surface area contributed by atoms with Crippen molar-refractivity contribution >= 4 is 23.3 Å². The predicted octanol–water partition coefficient (Wildman–Crippen LogP) is 2.72. The van der Waals surface area contributed by atoms with E-state index in [0.717, 1.165) is 37.3 Å². The Bertz CT molecular complexity index is 464. The predicted molar refractivity (Wildman–Crippen MR) is 78.8 cm³/mol. The highest BCUT2D eigenvalue weighted by Crippen LogP contribution is 2.21. The summed E-state index contributed by atoms with van der Waals surface area (Å²) in [6.07, 6.45) is 1.06. The molecule has 1 aliphatic heterocycles. The fraction of sp³-hybridized carbons (Fsp3) is 0.500. The number of carbonyl (C=O) groups excluding carboxylic acids is 1. The highest BCUT2D eigenvalue weighted by molar-refractivity contribution is 6.31. The third kappa shape index (κ3) is 3.61. The van der Waals surface area contributed by atoms with Crippen LogP contribution in [0, 0.1) is 12.8 Å². The Labute approximate surface area is 119 Å². The molecule has 0 bridgehead atoms. The first kappa shape index (κ1) is 14.2. The normalized spacial score (nSPS) is 18.7. The monoisotopic (exact) mass is 281 g/mol. The van der Waals surface area contributed by atoms with Gasteiger partial charge >= 0.3 is 6.03 Å². The lowest BCUT2D eigenvalue weighted by Gasteiger charge is -2.17. The van der Waals surface area contributed by atoms with Crippen LogP contribution in [0.2, 0.25) is 5.02 Å². The Morgan fingerprint density at radius 3 is 3.00 bits per heavy atom. The number of likely N-dealkylation sites (tertiary alicyclic amines) is 1. The first-order valence-electron chi connectivity index (χ1n) is 6.57. The van der Waals surface area contributed by atoms with E-state index in [1.54, 1.807) is 6.07 Å². The number of nitrogens with one attached hydrogen (secondary N) is 2. The first-order valence-corrected chi connectivity index (χ1v) is 6.94. The maximum Gasteiger partial charge on any atom is 0.321 e. The van der Waals surface area contributed by atoms with E-state index in [0.29, 0.717) is 10.9 Å². The number of nitrogens with zero attached hydrogens (tertiary/aromatic N) is 1. The fourth-order valence-corrected chi connectivity index (χ4v) is 2.53. The van der Waals surface area contributed by atoms with Crippen molar-refractivity contribution in [2.45, 2.75) is 13.3 Å². The third-order valence-electron chi connectivity index (χ3n) is 3.49. The molecule has 19 heavy (non-hydrogen) atoms. The van der Waals surface area contributed by atoms with Gasteiger partial charge in [0.05, 0.1) is 0 Å². The number of hydrogen-bond donors (Lipinski definition) is 2. The number of aryl methyl sites for hydroxylation is 1. The summed E-state index contributed by atoms with van der Waals surface area (Å²) in [5.41, 5.74) is 1.76. The van der Waals surface area contributed by atoms with Gasteiger partial charge in [-0.1, -0.05) is 17.7 Å². The summed E-state index contributed by atoms with van der Waals surface area (Å²) in [7, 11) is 1.94. The van der Waals surface area contributed by atoms with Crippen molar-refractivity contribution < 1.29 is 4.79 Å². The second-order valence-electron chi connectivity index (χ2n) is 5.05. The van der Waals surface area contributed by atoms with Gasteiger partial charge in [-0.2, -0.15) is 0 Å². The van der Waals surface area contributed by atoms with Crippen LogP contribution in [0.5, 0.6) is 0 Å². The van der Waals surface area contributed by atoms with E-state index in [4.69, 9.17) is 11.6 Å². The molecule has 1 aromatic carbocycles. The number of rotatable bonds is 3. The maximum absolute atomic E-state index is 12.1. The molecule has 1 heterocycles. The molecule has 1 unspecified atom stereocenters. The Morgan fingerprint density at radius 2 is 2.32 bits per heavy atom. The number of urea groups is 1. The minimum atomic E-state index is -0.0430. The molecule has 0 radical (unpaired) electrons. The Hall–Kier alpha value is -1.26. The number of hydrogen-bond acceptors (Lipinski definition) is 2. The number of halogens is 1. The van der Waals surface area contributed by atoms with Gasteiger partial charge in [0.2, 0.25) is 0 Å². The molecule has 4 nitrogen and oxygen atoms in total. The van der Waals surface area contributed by atoms with Gasteiger partial charge in [-0.25, -0.2) is 4.79 Å². The number of benzene rings is 1. The van der Waals surface area contributed by atoms with Crippen LogP contribution in [-0.2, 0) is 0 Å². The van der Waals surface area contributed by atoms with E-state index in [1.807, 2.05) is 31.0 Å². The minimum Gasteiger partial charge on any atom is -0.324 e. The topological polar surface area (TPSA) is 44.4 Å². The lowest BCUT2D eigenvalue weighted by molar-refractivity contribution is 0.221. The standard InChI is InChI=1S/C14H20ClN3O/c1-10-3-4-12(7-13(10)15)17-14(19)18-6-5-11(9-18)8-16-2/h3-4,7,11,16H,5-6,8-9H2,1-2H3,(H,17,19). The average Bonchev–Trinajstić information content (AvgIpc) is 2.83. The molecule has 2 amide bonds. The zero-order valence-corrected chi connectivity index (χ0v) is 12.1. The Balaban J connectivity index is 1.92. The highest BCUT2D eigenvalue weighted by atomic mass is 35.5. The highest BCUT2D eigenvalue weighted by Gasteiger charge is 2.25. The molecule has 5 heteroatoms. The van der Waals surface area contributed by atoms with Gasteiger partial charge in [0, 0.05) is 23.8 Å². The molecular weight excluding hydrogens is 262 g/mol. The van der Waals surface area contributed by atoms with Crippen LogP contribution >= 0.6 is 11.6 Å². The molecule has 0 spiro atoms. The van der Waals surface area contributed by atoms with Gasteiger partial charge in [0.15, 0.2) is 0 Å². The van der Waals surface area contributed by atoms with Crippen LogP contribution < -0.4 is 10.6 Å². The van der Waals surface area contributed by atoms with Crippen molar-refractivity contribution in [2.24, 2.45) is 5.92 Å². The second-order valence-corrected chi connectivity index (χ2v) is 5.46. The number of anilines is 1. The molecule has 104 valence electrons. The maximum atomic E-state index is 12.1. The SMILES string of the molecule is CNCC1CCN(C(=O)Nc2ccc(C)c(Cl)c2)C1. The van der Waals surface area contributed by atoms with E-state index in [-0.39, 0.29) is 6.03 Å². The second kappa shape index (κ2) is 6.26. The Morgan fingerprint density at radius 1 is 1.53 bits per heavy atom. The summed E-state index contributed by atoms with van der Waals surface area (Å²) >= 11 is 6.05. The van der Waals surface area contributed by atoms with Crippen molar-refractivity contribution in [2.75, 3.05) is 32.0 Å². The van der Waals surface area contributed by atoms with Crippen LogP contribution in [0.15, 0.2) is 18.2 Å². The molecule has 2 N–H and O–H groups in total. The lowest BCUT2D eigenvalue weighted by atomic mass is 10.1. The molecule has 1 aromatic rings. The van der Waals surface area contributed by atoms with Gasteiger partial charge in [0.1, 0.15) is 0 Å². The largest absolute Gasteiger partial charge is 0.324 e. The van der Waals surface area contributed by atoms with Gasteiger partial charge < -0.3 is 15.5 Å². The van der Waals surface area contributed by atoms with Crippen LogP contribution in [0.1, 0.15) is 12.0 Å². The van der Waals surface area contributed by atoms with Gasteiger partial charge in [-0.15, -0.1) is 0 Å². The van der Waals surface area contributed by atoms with Gasteiger partial charge in [-0.3, -0.25) is 0 Å². The van der Waals surface area contributed by atoms with E-state index >= 15 is 0 Å². The van der Waals surface area contributed by atoms with Crippen molar-refractivity contribution in [3.05, 3.63) is 28.8 Å². The molecule has 1 atom stereocenters. The smallest absolute Gasteiger partial charge is 0.321 e. The summed E-state index contributed by atoms with van der Waals surface area (Å²) in [5.74, 6) is 0.553. The molecular formula is C14H20ClN3O. The Kier molecular flexibility index (Phi) is 4.66. The summed E-state index contributed by atoms with van der Waals surface area (Å²) in [6, 6.07) is 5.53. The molecule has 0 aliphatic carbocycles. The quantitative estimate of drug-likeness (QED) is 0.895.